The predicted octanol–water partition coefficient (Wildman–Crippen LogP) is 2.02. The number of aromatic nitrogens is 1. The quantitative estimate of drug-likeness (QED) is 0.652. The van der Waals surface area contributed by atoms with Crippen LogP contribution in [0.1, 0.15) is 27.8 Å². The summed E-state index contributed by atoms with van der Waals surface area (Å²) >= 11 is 9.03. The lowest BCUT2D eigenvalue weighted by atomic mass is 10.2. The van der Waals surface area contributed by atoms with E-state index in [4.69, 9.17) is 11.6 Å². The van der Waals surface area contributed by atoms with Gasteiger partial charge in [0.15, 0.2) is 0 Å². The number of hydrazine groups is 1. The van der Waals surface area contributed by atoms with Gasteiger partial charge in [0.1, 0.15) is 11.7 Å². The van der Waals surface area contributed by atoms with Crippen LogP contribution in [0.4, 0.5) is 0 Å². The lowest BCUT2D eigenvalue weighted by Gasteiger charge is -2.15. The van der Waals surface area contributed by atoms with Gasteiger partial charge in [-0.1, -0.05) is 11.6 Å². The zero-order valence-corrected chi connectivity index (χ0v) is 15.8. The molecule has 0 aliphatic heterocycles. The van der Waals surface area contributed by atoms with E-state index in [0.717, 1.165) is 4.47 Å². The molecule has 1 heterocycles. The van der Waals surface area contributed by atoms with Gasteiger partial charge in [-0.25, -0.2) is 0 Å². The predicted molar refractivity (Wildman–Crippen MR) is 97.1 cm³/mol. The molecular weight excluding hydrogens is 412 g/mol. The molecule has 0 aliphatic rings. The van der Waals surface area contributed by atoms with Crippen LogP contribution in [0.3, 0.4) is 0 Å². The SMILES string of the molecule is CC(NC(=O)c1ccc(Cl)cc1)C(=O)NNC(=O)c1cc(Br)cn1C. The second-order valence-corrected chi connectivity index (χ2v) is 6.65. The summed E-state index contributed by atoms with van der Waals surface area (Å²) in [4.78, 5) is 36.1. The van der Waals surface area contributed by atoms with Crippen molar-refractivity contribution in [1.82, 2.24) is 20.7 Å². The van der Waals surface area contributed by atoms with Crippen molar-refractivity contribution in [3.8, 4) is 0 Å². The van der Waals surface area contributed by atoms with E-state index in [9.17, 15) is 14.4 Å². The van der Waals surface area contributed by atoms with Crippen molar-refractivity contribution in [3.63, 3.8) is 0 Å². The zero-order chi connectivity index (χ0) is 18.6. The number of aryl methyl sites for hydroxylation is 1. The van der Waals surface area contributed by atoms with E-state index in [1.54, 1.807) is 48.1 Å². The van der Waals surface area contributed by atoms with Crippen LogP contribution in [0, 0.1) is 0 Å². The van der Waals surface area contributed by atoms with Crippen LogP contribution >= 0.6 is 27.5 Å². The van der Waals surface area contributed by atoms with Crippen molar-refractivity contribution in [1.29, 1.82) is 0 Å². The molecule has 2 rings (SSSR count). The van der Waals surface area contributed by atoms with Crippen LogP contribution in [0.5, 0.6) is 0 Å². The van der Waals surface area contributed by atoms with Crippen LogP contribution in [0.25, 0.3) is 0 Å². The summed E-state index contributed by atoms with van der Waals surface area (Å²) in [5.74, 6) is -1.45. The van der Waals surface area contributed by atoms with Gasteiger partial charge in [-0.05, 0) is 53.2 Å². The van der Waals surface area contributed by atoms with Crippen molar-refractivity contribution < 1.29 is 14.4 Å². The van der Waals surface area contributed by atoms with E-state index in [1.807, 2.05) is 0 Å². The number of nitrogens with one attached hydrogen (secondary N) is 3. The average molecular weight is 428 g/mol. The number of hydrogen-bond donors (Lipinski definition) is 3. The molecule has 25 heavy (non-hydrogen) atoms. The molecule has 0 radical (unpaired) electrons. The lowest BCUT2D eigenvalue weighted by Crippen LogP contribution is -2.51. The molecule has 0 spiro atoms. The summed E-state index contributed by atoms with van der Waals surface area (Å²) in [6.07, 6.45) is 1.71. The Bertz CT molecular complexity index is 804. The molecule has 0 fully saturated rings. The molecule has 1 unspecified atom stereocenters. The van der Waals surface area contributed by atoms with Crippen LogP contribution in [-0.4, -0.2) is 28.3 Å². The third-order valence-electron chi connectivity index (χ3n) is 3.35. The zero-order valence-electron chi connectivity index (χ0n) is 13.5. The van der Waals surface area contributed by atoms with Crippen molar-refractivity contribution in [2.45, 2.75) is 13.0 Å². The van der Waals surface area contributed by atoms with Gasteiger partial charge >= 0.3 is 0 Å². The van der Waals surface area contributed by atoms with Crippen LogP contribution < -0.4 is 16.2 Å². The Hall–Kier alpha value is -2.32. The molecule has 0 saturated heterocycles. The van der Waals surface area contributed by atoms with E-state index in [1.165, 1.54) is 6.92 Å². The maximum atomic E-state index is 12.0. The molecule has 0 aliphatic carbocycles. The molecule has 3 N–H and O–H groups in total. The first-order chi connectivity index (χ1) is 11.8. The van der Waals surface area contributed by atoms with Crippen molar-refractivity contribution in [2.75, 3.05) is 0 Å². The molecule has 1 aromatic heterocycles. The summed E-state index contributed by atoms with van der Waals surface area (Å²) in [5.41, 5.74) is 5.33. The molecule has 7 nitrogen and oxygen atoms in total. The Balaban J connectivity index is 1.87. The number of halogens is 2. The van der Waals surface area contributed by atoms with E-state index in [-0.39, 0.29) is 0 Å². The summed E-state index contributed by atoms with van der Waals surface area (Å²) in [5, 5.41) is 3.05. The molecule has 0 bridgehead atoms. The van der Waals surface area contributed by atoms with Gasteiger partial charge in [0.2, 0.25) is 0 Å². The topological polar surface area (TPSA) is 92.2 Å². The first kappa shape index (κ1) is 19.0. The largest absolute Gasteiger partial charge is 0.345 e. The molecule has 9 heteroatoms. The Morgan fingerprint density at radius 2 is 1.76 bits per heavy atom. The maximum Gasteiger partial charge on any atom is 0.286 e. The van der Waals surface area contributed by atoms with Crippen LogP contribution in [0.2, 0.25) is 5.02 Å². The minimum atomic E-state index is -0.844. The standard InChI is InChI=1S/C16H16BrClN4O3/c1-9(19-15(24)10-3-5-12(18)6-4-10)14(23)20-21-16(25)13-7-11(17)8-22(13)2/h3-9H,1-2H3,(H,19,24)(H,20,23)(H,21,25). The van der Waals surface area contributed by atoms with Gasteiger partial charge in [-0.15, -0.1) is 0 Å². The first-order valence-corrected chi connectivity index (χ1v) is 8.43. The monoisotopic (exact) mass is 426 g/mol. The second kappa shape index (κ2) is 8.17. The van der Waals surface area contributed by atoms with Gasteiger partial charge in [-0.3, -0.25) is 25.2 Å². The third kappa shape index (κ3) is 5.07. The summed E-state index contributed by atoms with van der Waals surface area (Å²) < 4.78 is 2.35. The summed E-state index contributed by atoms with van der Waals surface area (Å²) in [7, 11) is 1.70. The lowest BCUT2D eigenvalue weighted by molar-refractivity contribution is -0.123. The number of amides is 3. The molecule has 1 atom stereocenters. The highest BCUT2D eigenvalue weighted by Gasteiger charge is 2.18. The van der Waals surface area contributed by atoms with Crippen molar-refractivity contribution in [2.24, 2.45) is 7.05 Å². The molecule has 1 aromatic carbocycles. The Labute approximate surface area is 157 Å². The highest BCUT2D eigenvalue weighted by Crippen LogP contribution is 2.13. The minimum absolute atomic E-state index is 0.366. The summed E-state index contributed by atoms with van der Waals surface area (Å²) in [6, 6.07) is 7.05. The van der Waals surface area contributed by atoms with E-state index in [2.05, 4.69) is 32.1 Å². The number of rotatable bonds is 4. The number of carbonyl (C=O) groups excluding carboxylic acids is 3. The van der Waals surface area contributed by atoms with Gasteiger partial charge in [0, 0.05) is 28.3 Å². The molecule has 132 valence electrons. The molecule has 0 saturated carbocycles. The van der Waals surface area contributed by atoms with Gasteiger partial charge in [0.05, 0.1) is 0 Å². The Morgan fingerprint density at radius 1 is 1.12 bits per heavy atom. The van der Waals surface area contributed by atoms with Crippen molar-refractivity contribution >= 4 is 45.3 Å². The first-order valence-electron chi connectivity index (χ1n) is 7.26. The number of nitrogens with zero attached hydrogens (tertiary/aromatic N) is 1. The summed E-state index contributed by atoms with van der Waals surface area (Å²) in [6.45, 7) is 1.51. The molecular formula is C16H16BrClN4O3. The fourth-order valence-corrected chi connectivity index (χ4v) is 2.64. The Morgan fingerprint density at radius 3 is 2.32 bits per heavy atom. The van der Waals surface area contributed by atoms with E-state index >= 15 is 0 Å². The van der Waals surface area contributed by atoms with E-state index in [0.29, 0.717) is 16.3 Å². The average Bonchev–Trinajstić information content (AvgIpc) is 2.91. The minimum Gasteiger partial charge on any atom is -0.345 e. The highest BCUT2D eigenvalue weighted by molar-refractivity contribution is 9.10. The van der Waals surface area contributed by atoms with E-state index < -0.39 is 23.8 Å². The number of carbonyl (C=O) groups is 3. The van der Waals surface area contributed by atoms with Crippen molar-refractivity contribution in [3.05, 3.63) is 57.3 Å². The van der Waals surface area contributed by atoms with Gasteiger partial charge < -0.3 is 9.88 Å². The number of benzene rings is 1. The highest BCUT2D eigenvalue weighted by atomic mass is 79.9. The smallest absolute Gasteiger partial charge is 0.286 e. The molecule has 2 aromatic rings. The van der Waals surface area contributed by atoms with Crippen LogP contribution in [-0.2, 0) is 11.8 Å². The fraction of sp³-hybridized carbons (Fsp3) is 0.188. The van der Waals surface area contributed by atoms with Gasteiger partial charge in [0.25, 0.3) is 17.7 Å². The third-order valence-corrected chi connectivity index (χ3v) is 4.04. The fourth-order valence-electron chi connectivity index (χ4n) is 1.99. The second-order valence-electron chi connectivity index (χ2n) is 5.30. The molecule has 3 amide bonds. The number of hydrogen-bond acceptors (Lipinski definition) is 3. The normalized spacial score (nSPS) is 11.5. The maximum absolute atomic E-state index is 12.0. The Kier molecular flexibility index (Phi) is 6.22. The van der Waals surface area contributed by atoms with Gasteiger partial charge in [-0.2, -0.15) is 0 Å². The van der Waals surface area contributed by atoms with Crippen LogP contribution in [0.15, 0.2) is 41.0 Å².